The lowest BCUT2D eigenvalue weighted by atomic mass is 10.1. The molecule has 5 aromatic carbocycles. The van der Waals surface area contributed by atoms with E-state index in [-0.39, 0.29) is 0 Å². The number of allylic oxidation sites excluding steroid dienone is 12. The van der Waals surface area contributed by atoms with Crippen molar-refractivity contribution < 1.29 is 0 Å². The van der Waals surface area contributed by atoms with Gasteiger partial charge in [-0.05, 0) is 77.6 Å². The van der Waals surface area contributed by atoms with Crippen LogP contribution in [0.25, 0.3) is 24.3 Å². The Labute approximate surface area is 292 Å². The van der Waals surface area contributed by atoms with E-state index in [9.17, 15) is 0 Å². The molecule has 0 unspecified atom stereocenters. The predicted octanol–water partition coefficient (Wildman–Crippen LogP) is 13.5. The van der Waals surface area contributed by atoms with E-state index in [0.717, 1.165) is 22.5 Å². The maximum atomic E-state index is 2.34. The quantitative estimate of drug-likeness (QED) is 0.117. The Morgan fingerprint density at radius 3 is 1.08 bits per heavy atom. The molecule has 0 aliphatic heterocycles. The lowest BCUT2D eigenvalue weighted by Crippen LogP contribution is -2.11. The molecule has 240 valence electrons. The maximum Gasteiger partial charge on any atom is 0.0493 e. The third-order valence-corrected chi connectivity index (χ3v) is 7.77. The number of nitrogens with zero attached hydrogens (tertiary/aromatic N) is 1. The number of hydrogen-bond acceptors (Lipinski definition) is 1. The smallest absolute Gasteiger partial charge is 0.0493 e. The molecule has 5 rings (SSSR count). The molecule has 0 heterocycles. The molecule has 0 aliphatic rings. The molecule has 0 bridgehead atoms. The number of benzene rings is 5. The Bertz CT molecular complexity index is 1860. The predicted molar refractivity (Wildman–Crippen MR) is 216 cm³/mol. The van der Waals surface area contributed by atoms with Crippen LogP contribution in [0, 0.1) is 13.8 Å². The SMILES string of the molecule is Cc1ccc(C)c(N(c2ccc(C=CC=CC=CC=Cc3ccccc3)cc2)c2ccc(/C=C/C=CC=CC=Cc3ccccc3)cc2)c1. The summed E-state index contributed by atoms with van der Waals surface area (Å²) >= 11 is 0. The molecule has 0 saturated carbocycles. The van der Waals surface area contributed by atoms with Crippen LogP contribution in [0.4, 0.5) is 17.1 Å². The average molecular weight is 634 g/mol. The van der Waals surface area contributed by atoms with Gasteiger partial charge in [0, 0.05) is 17.1 Å². The largest absolute Gasteiger partial charge is 0.310 e. The minimum atomic E-state index is 1.12. The summed E-state index contributed by atoms with van der Waals surface area (Å²) in [4.78, 5) is 2.34. The lowest BCUT2D eigenvalue weighted by molar-refractivity contribution is 1.23. The summed E-state index contributed by atoms with van der Waals surface area (Å²) in [6.07, 6.45) is 33.1. The fourth-order valence-electron chi connectivity index (χ4n) is 5.16. The fraction of sp³-hybridized carbons (Fsp3) is 0.0417. The van der Waals surface area contributed by atoms with E-state index in [1.165, 1.54) is 27.9 Å². The molecule has 0 atom stereocenters. The zero-order valence-corrected chi connectivity index (χ0v) is 28.3. The first-order valence-corrected chi connectivity index (χ1v) is 16.7. The van der Waals surface area contributed by atoms with Crippen LogP contribution >= 0.6 is 0 Å². The summed E-state index contributed by atoms with van der Waals surface area (Å²) in [7, 11) is 0. The summed E-state index contributed by atoms with van der Waals surface area (Å²) < 4.78 is 0. The maximum absolute atomic E-state index is 2.34. The number of aryl methyl sites for hydroxylation is 2. The Hall–Kier alpha value is -6.18. The zero-order chi connectivity index (χ0) is 33.9. The monoisotopic (exact) mass is 633 g/mol. The standard InChI is InChI=1S/C48H43N/c1-40-29-30-41(2)48(39-40)49(46-35-31-44(32-36-46)27-15-9-5-3-7-13-21-42-23-17-11-18-24-42)47-37-33-45(34-38-47)28-16-10-6-4-8-14-22-43-25-19-12-20-26-43/h3-39H,1-2H3/b7-3?,8-4?,9-5?,10-6?,21-13?,22-14?,27-15+,28-16?. The van der Waals surface area contributed by atoms with Gasteiger partial charge in [0.1, 0.15) is 0 Å². The molecule has 0 fully saturated rings. The van der Waals surface area contributed by atoms with Gasteiger partial charge >= 0.3 is 0 Å². The Morgan fingerprint density at radius 2 is 0.694 bits per heavy atom. The second kappa shape index (κ2) is 18.8. The van der Waals surface area contributed by atoms with Crippen molar-refractivity contribution in [3.8, 4) is 0 Å². The molecule has 0 spiro atoms. The molecular weight excluding hydrogens is 591 g/mol. The number of rotatable bonds is 13. The van der Waals surface area contributed by atoms with E-state index in [2.05, 4.69) is 171 Å². The van der Waals surface area contributed by atoms with Gasteiger partial charge < -0.3 is 4.90 Å². The van der Waals surface area contributed by atoms with E-state index in [1.807, 2.05) is 72.9 Å². The molecule has 0 saturated heterocycles. The third kappa shape index (κ3) is 11.2. The third-order valence-electron chi connectivity index (χ3n) is 7.77. The zero-order valence-electron chi connectivity index (χ0n) is 28.3. The van der Waals surface area contributed by atoms with Crippen molar-refractivity contribution in [3.63, 3.8) is 0 Å². The molecule has 49 heavy (non-hydrogen) atoms. The highest BCUT2D eigenvalue weighted by Crippen LogP contribution is 2.37. The molecule has 1 heteroatoms. The van der Waals surface area contributed by atoms with Crippen molar-refractivity contribution in [1.82, 2.24) is 0 Å². The molecule has 0 amide bonds. The van der Waals surface area contributed by atoms with E-state index in [4.69, 9.17) is 0 Å². The van der Waals surface area contributed by atoms with Gasteiger partial charge in [-0.2, -0.15) is 0 Å². The Balaban J connectivity index is 1.23. The fourth-order valence-corrected chi connectivity index (χ4v) is 5.16. The van der Waals surface area contributed by atoms with Crippen molar-refractivity contribution in [3.05, 3.63) is 234 Å². The van der Waals surface area contributed by atoms with E-state index < -0.39 is 0 Å². The molecule has 0 radical (unpaired) electrons. The van der Waals surface area contributed by atoms with Crippen molar-refractivity contribution >= 4 is 41.4 Å². The second-order valence-electron chi connectivity index (χ2n) is 11.6. The first-order valence-electron chi connectivity index (χ1n) is 16.7. The topological polar surface area (TPSA) is 3.24 Å². The number of hydrogen-bond donors (Lipinski definition) is 0. The van der Waals surface area contributed by atoms with Crippen LogP contribution in [0.2, 0.25) is 0 Å². The number of anilines is 3. The average Bonchev–Trinajstić information content (AvgIpc) is 3.14. The van der Waals surface area contributed by atoms with E-state index >= 15 is 0 Å². The van der Waals surface area contributed by atoms with Gasteiger partial charge in [-0.25, -0.2) is 0 Å². The van der Waals surface area contributed by atoms with Gasteiger partial charge in [-0.3, -0.25) is 0 Å². The van der Waals surface area contributed by atoms with Crippen LogP contribution in [0.1, 0.15) is 33.4 Å². The van der Waals surface area contributed by atoms with Crippen LogP contribution in [0.3, 0.4) is 0 Å². The molecule has 0 aliphatic carbocycles. The summed E-state index contributed by atoms with van der Waals surface area (Å²) in [5, 5.41) is 0. The molecule has 0 aromatic heterocycles. The minimum absolute atomic E-state index is 1.12. The molecule has 5 aromatic rings. The van der Waals surface area contributed by atoms with Gasteiger partial charge in [0.2, 0.25) is 0 Å². The summed E-state index contributed by atoms with van der Waals surface area (Å²) in [6.45, 7) is 4.32. The summed E-state index contributed by atoms with van der Waals surface area (Å²) in [5.74, 6) is 0. The van der Waals surface area contributed by atoms with Gasteiger partial charge in [-0.15, -0.1) is 0 Å². The van der Waals surface area contributed by atoms with E-state index in [0.29, 0.717) is 0 Å². The van der Waals surface area contributed by atoms with Crippen molar-refractivity contribution in [1.29, 1.82) is 0 Å². The molecular formula is C48H43N. The highest BCUT2D eigenvalue weighted by Gasteiger charge is 2.14. The van der Waals surface area contributed by atoms with Gasteiger partial charge in [0.15, 0.2) is 0 Å². The van der Waals surface area contributed by atoms with Crippen molar-refractivity contribution in [2.45, 2.75) is 13.8 Å². The highest BCUT2D eigenvalue weighted by molar-refractivity contribution is 5.79. The summed E-state index contributed by atoms with van der Waals surface area (Å²) in [6, 6.07) is 44.7. The first-order chi connectivity index (χ1) is 24.2. The second-order valence-corrected chi connectivity index (χ2v) is 11.6. The van der Waals surface area contributed by atoms with Crippen LogP contribution in [-0.2, 0) is 0 Å². The van der Waals surface area contributed by atoms with Crippen LogP contribution in [0.5, 0.6) is 0 Å². The van der Waals surface area contributed by atoms with Gasteiger partial charge in [0.25, 0.3) is 0 Å². The van der Waals surface area contributed by atoms with E-state index in [1.54, 1.807) is 0 Å². The minimum Gasteiger partial charge on any atom is -0.310 e. The highest BCUT2D eigenvalue weighted by atomic mass is 15.1. The van der Waals surface area contributed by atoms with Crippen molar-refractivity contribution in [2.24, 2.45) is 0 Å². The van der Waals surface area contributed by atoms with Crippen LogP contribution < -0.4 is 4.90 Å². The summed E-state index contributed by atoms with van der Waals surface area (Å²) in [5.41, 5.74) is 10.6. The lowest BCUT2D eigenvalue weighted by Gasteiger charge is -2.27. The Morgan fingerprint density at radius 1 is 0.347 bits per heavy atom. The van der Waals surface area contributed by atoms with Crippen LogP contribution in [-0.4, -0.2) is 0 Å². The van der Waals surface area contributed by atoms with Gasteiger partial charge in [-0.1, -0.05) is 194 Å². The van der Waals surface area contributed by atoms with Crippen LogP contribution in [0.15, 0.2) is 200 Å². The van der Waals surface area contributed by atoms with Crippen molar-refractivity contribution in [2.75, 3.05) is 4.90 Å². The molecule has 0 N–H and O–H groups in total. The normalized spacial score (nSPS) is 12.4. The molecule has 1 nitrogen and oxygen atoms in total. The van der Waals surface area contributed by atoms with Gasteiger partial charge in [0.05, 0.1) is 0 Å². The first kappa shape index (κ1) is 34.2. The Kier molecular flexibility index (Phi) is 13.1.